The monoisotopic (exact) mass is 402 g/mol. The van der Waals surface area contributed by atoms with Crippen molar-refractivity contribution in [1.82, 2.24) is 9.13 Å². The fraction of sp³-hybridized carbons (Fsp3) is 0.526. The van der Waals surface area contributed by atoms with Gasteiger partial charge in [-0.3, -0.25) is 9.59 Å². The van der Waals surface area contributed by atoms with Crippen LogP contribution in [-0.4, -0.2) is 58.7 Å². The van der Waals surface area contributed by atoms with Crippen molar-refractivity contribution in [2.45, 2.75) is 49.7 Å². The Bertz CT molecular complexity index is 980. The summed E-state index contributed by atoms with van der Waals surface area (Å²) < 4.78 is 27.0. The van der Waals surface area contributed by atoms with Gasteiger partial charge < -0.3 is 28.1 Å². The molecule has 2 aromatic rings. The molecule has 6 rings (SSSR count). The molecule has 0 N–H and O–H groups in total. The van der Waals surface area contributed by atoms with Crippen LogP contribution in [0.4, 0.5) is 0 Å². The summed E-state index contributed by atoms with van der Waals surface area (Å²) in [5, 5.41) is 0. The highest BCUT2D eigenvalue weighted by atomic mass is 32.1. The second-order valence-corrected chi connectivity index (χ2v) is 8.03. The Labute approximate surface area is 164 Å². The van der Waals surface area contributed by atoms with E-state index in [9.17, 15) is 9.59 Å². The molecular weight excluding hydrogens is 384 g/mol. The van der Waals surface area contributed by atoms with Crippen LogP contribution in [0.2, 0.25) is 0 Å². The Kier molecular flexibility index (Phi) is 3.67. The molecule has 0 radical (unpaired) electrons. The second-order valence-electron chi connectivity index (χ2n) is 7.67. The van der Waals surface area contributed by atoms with Crippen LogP contribution >= 0.6 is 12.2 Å². The number of nitrogens with zero attached hydrogens (tertiary/aromatic N) is 2. The summed E-state index contributed by atoms with van der Waals surface area (Å²) in [4.78, 5) is 24.7. The van der Waals surface area contributed by atoms with Crippen LogP contribution in [0.25, 0.3) is 11.0 Å². The van der Waals surface area contributed by atoms with Crippen LogP contribution in [0, 0.1) is 4.77 Å². The van der Waals surface area contributed by atoms with Gasteiger partial charge in [0.05, 0.1) is 36.3 Å². The summed E-state index contributed by atoms with van der Waals surface area (Å²) in [6, 6.07) is 7.36. The van der Waals surface area contributed by atoms with Crippen LogP contribution in [0.1, 0.15) is 24.9 Å². The highest BCUT2D eigenvalue weighted by Gasteiger charge is 2.47. The Balaban J connectivity index is 1.52. The number of carbonyl (C=O) groups is 2. The molecule has 1 aromatic heterocycles. The number of rotatable bonds is 2. The fourth-order valence-electron chi connectivity index (χ4n) is 4.80. The lowest BCUT2D eigenvalue weighted by molar-refractivity contribution is -0.156. The molecule has 4 saturated heterocycles. The number of para-hydroxylation sites is 2. The van der Waals surface area contributed by atoms with Crippen molar-refractivity contribution in [1.29, 1.82) is 0 Å². The van der Waals surface area contributed by atoms with Crippen molar-refractivity contribution in [2.75, 3.05) is 13.2 Å². The number of aromatic nitrogens is 2. The first kappa shape index (κ1) is 17.0. The summed E-state index contributed by atoms with van der Waals surface area (Å²) in [6.07, 6.45) is -1.32. The summed E-state index contributed by atoms with van der Waals surface area (Å²) in [5.74, 6) is -0.138. The Hall–Kier alpha value is -1.91. The van der Waals surface area contributed by atoms with Gasteiger partial charge in [-0.25, -0.2) is 0 Å². The standard InChI is InChI=1S/C19H18N2O6S/c22-13-5-11(15-7-24-17(13)26-15)20-9-3-1-2-4-10(9)21(19(20)28)12-6-14(23)18-25-8-16(12)27-18/h1-4,11-12,15-18H,5-8H2/t11-,12-,15+,16+,17-,18-/m1/s1. The van der Waals surface area contributed by atoms with Crippen LogP contribution in [0.5, 0.6) is 0 Å². The number of hydrogen-bond donors (Lipinski definition) is 0. The van der Waals surface area contributed by atoms with Crippen molar-refractivity contribution >= 4 is 34.8 Å². The maximum absolute atomic E-state index is 12.4. The number of benzene rings is 1. The minimum Gasteiger partial charge on any atom is -0.343 e. The Morgan fingerprint density at radius 2 is 1.29 bits per heavy atom. The Morgan fingerprint density at radius 3 is 1.75 bits per heavy atom. The predicted octanol–water partition coefficient (Wildman–Crippen LogP) is 1.68. The average Bonchev–Trinajstić information content (AvgIpc) is 3.38. The van der Waals surface area contributed by atoms with Gasteiger partial charge in [0.25, 0.3) is 0 Å². The molecule has 28 heavy (non-hydrogen) atoms. The highest BCUT2D eigenvalue weighted by Crippen LogP contribution is 2.39. The maximum atomic E-state index is 12.4. The topological polar surface area (TPSA) is 80.9 Å². The molecule has 0 aliphatic carbocycles. The van der Waals surface area contributed by atoms with Gasteiger partial charge in [0.15, 0.2) is 16.3 Å². The van der Waals surface area contributed by atoms with Gasteiger partial charge >= 0.3 is 0 Å². The van der Waals surface area contributed by atoms with E-state index in [1.54, 1.807) is 0 Å². The minimum atomic E-state index is -0.749. The molecule has 0 saturated carbocycles. The molecule has 4 aliphatic rings. The van der Waals surface area contributed by atoms with E-state index in [0.29, 0.717) is 30.8 Å². The molecule has 0 spiro atoms. The van der Waals surface area contributed by atoms with Crippen LogP contribution in [-0.2, 0) is 28.5 Å². The maximum Gasteiger partial charge on any atom is 0.218 e. The number of fused-ring (bicyclic) bond motifs is 5. The van der Waals surface area contributed by atoms with Crippen molar-refractivity contribution in [3.05, 3.63) is 29.0 Å². The lowest BCUT2D eigenvalue weighted by Crippen LogP contribution is -2.38. The molecule has 146 valence electrons. The first-order valence-electron chi connectivity index (χ1n) is 9.43. The highest BCUT2D eigenvalue weighted by molar-refractivity contribution is 7.71. The normalized spacial score (nSPS) is 37.1. The number of carbonyl (C=O) groups excluding carboxylic acids is 2. The van der Waals surface area contributed by atoms with E-state index in [-0.39, 0.29) is 35.9 Å². The SMILES string of the molecule is O=C1C[C@@H](n2c(=S)n([C@@H]3CC(=O)[C@@H]4OC[C@@H]3O4)c3ccccc32)[C@@H]2CO[C@@H]1O2. The van der Waals surface area contributed by atoms with Crippen molar-refractivity contribution < 1.29 is 28.5 Å². The first-order valence-corrected chi connectivity index (χ1v) is 9.83. The van der Waals surface area contributed by atoms with Crippen molar-refractivity contribution in [3.63, 3.8) is 0 Å². The van der Waals surface area contributed by atoms with Gasteiger partial charge in [0.2, 0.25) is 12.6 Å². The molecule has 4 bridgehead atoms. The number of ether oxygens (including phenoxy) is 4. The fourth-order valence-corrected chi connectivity index (χ4v) is 5.27. The number of Topliss-reactive ketones (excluding diaryl/α,β-unsaturated/α-hetero) is 2. The van der Waals surface area contributed by atoms with Gasteiger partial charge in [-0.1, -0.05) is 12.1 Å². The minimum absolute atomic E-state index is 0.0688. The largest absolute Gasteiger partial charge is 0.343 e. The third-order valence-electron chi connectivity index (χ3n) is 6.10. The van der Waals surface area contributed by atoms with E-state index in [1.165, 1.54) is 0 Å². The van der Waals surface area contributed by atoms with E-state index in [4.69, 9.17) is 31.2 Å². The van der Waals surface area contributed by atoms with Gasteiger partial charge in [-0.2, -0.15) is 0 Å². The van der Waals surface area contributed by atoms with Crippen LogP contribution in [0.3, 0.4) is 0 Å². The van der Waals surface area contributed by atoms with Crippen molar-refractivity contribution in [2.24, 2.45) is 0 Å². The molecule has 1 aromatic carbocycles. The van der Waals surface area contributed by atoms with E-state index >= 15 is 0 Å². The van der Waals surface area contributed by atoms with E-state index in [1.807, 2.05) is 33.4 Å². The zero-order valence-corrected chi connectivity index (χ0v) is 15.7. The average molecular weight is 402 g/mol. The van der Waals surface area contributed by atoms with Gasteiger partial charge in [0, 0.05) is 12.8 Å². The van der Waals surface area contributed by atoms with Gasteiger partial charge in [-0.05, 0) is 24.4 Å². The number of imidazole rings is 1. The van der Waals surface area contributed by atoms with E-state index in [0.717, 1.165) is 11.0 Å². The number of ketones is 2. The first-order chi connectivity index (χ1) is 13.6. The summed E-state index contributed by atoms with van der Waals surface area (Å²) in [6.45, 7) is 0.733. The summed E-state index contributed by atoms with van der Waals surface area (Å²) in [7, 11) is 0. The molecular formula is C19H18N2O6S. The molecule has 5 heterocycles. The zero-order valence-electron chi connectivity index (χ0n) is 14.9. The smallest absolute Gasteiger partial charge is 0.218 e. The lowest BCUT2D eigenvalue weighted by Gasteiger charge is -2.29. The van der Waals surface area contributed by atoms with Crippen molar-refractivity contribution in [3.8, 4) is 0 Å². The third-order valence-corrected chi connectivity index (χ3v) is 6.49. The second kappa shape index (κ2) is 6.04. The molecule has 0 unspecified atom stereocenters. The van der Waals surface area contributed by atoms with Gasteiger partial charge in [-0.15, -0.1) is 0 Å². The van der Waals surface area contributed by atoms with E-state index in [2.05, 4.69) is 0 Å². The molecule has 6 atom stereocenters. The molecule has 9 heteroatoms. The molecule has 4 fully saturated rings. The third kappa shape index (κ3) is 2.28. The van der Waals surface area contributed by atoms with E-state index < -0.39 is 12.6 Å². The molecule has 4 aliphatic heterocycles. The summed E-state index contributed by atoms with van der Waals surface area (Å²) >= 11 is 5.87. The van der Waals surface area contributed by atoms with Crippen LogP contribution < -0.4 is 0 Å². The predicted molar refractivity (Wildman–Crippen MR) is 97.3 cm³/mol. The molecule has 8 nitrogen and oxygen atoms in total. The lowest BCUT2D eigenvalue weighted by atomic mass is 10.0. The molecule has 0 amide bonds. The van der Waals surface area contributed by atoms with Gasteiger partial charge in [0.1, 0.15) is 12.2 Å². The zero-order chi connectivity index (χ0) is 19.0. The summed E-state index contributed by atoms with van der Waals surface area (Å²) in [5.41, 5.74) is 1.82. The number of hydrogen-bond acceptors (Lipinski definition) is 7. The Morgan fingerprint density at radius 1 is 0.821 bits per heavy atom. The van der Waals surface area contributed by atoms with Crippen LogP contribution in [0.15, 0.2) is 24.3 Å². The quantitative estimate of drug-likeness (QED) is 0.707.